The van der Waals surface area contributed by atoms with Crippen LogP contribution in [-0.2, 0) is 25.3 Å². The summed E-state index contributed by atoms with van der Waals surface area (Å²) in [6.07, 6.45) is 3.22. The number of hydrogen-bond acceptors (Lipinski definition) is 7. The zero-order chi connectivity index (χ0) is 37.3. The summed E-state index contributed by atoms with van der Waals surface area (Å²) in [5.74, 6) is -0.665. The van der Waals surface area contributed by atoms with Crippen LogP contribution in [0.1, 0.15) is 57.1 Å². The molecule has 0 saturated carbocycles. The van der Waals surface area contributed by atoms with E-state index in [0.29, 0.717) is 30.8 Å². The first kappa shape index (κ1) is 37.0. The van der Waals surface area contributed by atoms with E-state index in [1.54, 1.807) is 13.1 Å². The minimum atomic E-state index is -2.95. The maximum atomic E-state index is 13.7. The van der Waals surface area contributed by atoms with Gasteiger partial charge in [0, 0.05) is 7.05 Å². The number of likely N-dealkylation sites (tertiary alicyclic amines) is 1. The second-order valence-electron chi connectivity index (χ2n) is 15.5. The third-order valence-corrected chi connectivity index (χ3v) is 16.4. The minimum Gasteiger partial charge on any atom is -0.459 e. The highest BCUT2D eigenvalue weighted by molar-refractivity contribution is 6.99. The van der Waals surface area contributed by atoms with Gasteiger partial charge in [-0.25, -0.2) is 0 Å². The molecule has 274 valence electrons. The molecule has 2 amide bonds. The molecule has 0 bridgehead atoms. The Kier molecular flexibility index (Phi) is 10.6. The van der Waals surface area contributed by atoms with E-state index in [2.05, 4.69) is 69.3 Å². The summed E-state index contributed by atoms with van der Waals surface area (Å²) < 4.78 is 19.7. The number of nitrogens with zero attached hydrogens (tertiary/aromatic N) is 1. The quantitative estimate of drug-likeness (QED) is 0.109. The first-order valence-corrected chi connectivity index (χ1v) is 20.5. The van der Waals surface area contributed by atoms with E-state index >= 15 is 0 Å². The lowest BCUT2D eigenvalue weighted by Gasteiger charge is -2.46. The number of furan rings is 1. The molecule has 3 aromatic carbocycles. The van der Waals surface area contributed by atoms with Crippen molar-refractivity contribution in [3.05, 3.63) is 131 Å². The van der Waals surface area contributed by atoms with Crippen LogP contribution in [0.25, 0.3) is 11.6 Å². The van der Waals surface area contributed by atoms with Gasteiger partial charge in [-0.15, -0.1) is 0 Å². The van der Waals surface area contributed by atoms with E-state index in [1.807, 2.05) is 54.6 Å². The molecular formula is C43H48BNO7Si. The zero-order valence-electron chi connectivity index (χ0n) is 30.9. The van der Waals surface area contributed by atoms with Crippen molar-refractivity contribution in [2.24, 2.45) is 17.8 Å². The molecular weight excluding hydrogens is 681 g/mol. The lowest BCUT2D eigenvalue weighted by Crippen LogP contribution is -2.66. The van der Waals surface area contributed by atoms with Crippen molar-refractivity contribution in [1.29, 1.82) is 0 Å². The lowest BCUT2D eigenvalue weighted by atomic mass is 9.58. The number of aliphatic hydroxyl groups excluding tert-OH is 1. The van der Waals surface area contributed by atoms with Crippen molar-refractivity contribution in [1.82, 2.24) is 4.90 Å². The average Bonchev–Trinajstić information content (AvgIpc) is 3.71. The number of hydrogen-bond donors (Lipinski definition) is 2. The number of allylic oxidation sites excluding steroid dienone is 1. The maximum absolute atomic E-state index is 13.7. The fourth-order valence-electron chi connectivity index (χ4n) is 8.98. The Balaban J connectivity index is 1.30. The smallest absolute Gasteiger partial charge is 0.455 e. The highest BCUT2D eigenvalue weighted by Gasteiger charge is 2.57. The van der Waals surface area contributed by atoms with Crippen molar-refractivity contribution in [3.8, 4) is 0 Å². The normalized spacial score (nSPS) is 22.3. The van der Waals surface area contributed by atoms with E-state index in [9.17, 15) is 19.7 Å². The molecule has 2 fully saturated rings. The van der Waals surface area contributed by atoms with Crippen molar-refractivity contribution in [2.75, 3.05) is 13.7 Å². The number of fused-ring (bicyclic) bond motifs is 3. The van der Waals surface area contributed by atoms with Crippen LogP contribution >= 0.6 is 0 Å². The van der Waals surface area contributed by atoms with E-state index in [-0.39, 0.29) is 42.3 Å². The summed E-state index contributed by atoms with van der Waals surface area (Å²) in [5, 5.41) is 22.9. The maximum Gasteiger partial charge on any atom is 0.455 e. The molecule has 7 rings (SSSR count). The summed E-state index contributed by atoms with van der Waals surface area (Å²) in [5.41, 5.74) is 4.00. The lowest BCUT2D eigenvalue weighted by molar-refractivity contribution is -0.138. The van der Waals surface area contributed by atoms with Crippen LogP contribution < -0.4 is 10.4 Å². The SMILES string of the molecule is CN1C(=O)[C@@H]2[C@@H](CC(CO[Si](c3ccccc3)(c3ccccc3)C(C)(C)C)=C3[C@@H](CC/C(=C/c4ccc(CO)o4)c4ccccc4)OB(O)C[C@@H]32)C1=O. The standard InChI is InChI=1S/C43H48BNO7Si/c1-43(2,3)53(34-16-10-6-11-17-34,35-18-12-7-13-19-35)50-28-31-25-36-40(42(48)45(4)41(36)47)37-26-44(49)52-38(39(31)37)23-20-30(29-14-8-5-9-15-29)24-32-21-22-33(27-46)51-32/h5-19,21-22,24,36-38,40,46,49H,20,23,25-28H2,1-4H3/b30-24-/t36-,37+,38-,40-/m1/s1. The summed E-state index contributed by atoms with van der Waals surface area (Å²) in [4.78, 5) is 28.6. The van der Waals surface area contributed by atoms with E-state index < -0.39 is 33.4 Å². The average molecular weight is 730 g/mol. The number of aliphatic hydroxyl groups is 1. The molecule has 3 heterocycles. The number of amides is 2. The highest BCUT2D eigenvalue weighted by atomic mass is 28.4. The molecule has 53 heavy (non-hydrogen) atoms. The highest BCUT2D eigenvalue weighted by Crippen LogP contribution is 2.51. The van der Waals surface area contributed by atoms with E-state index in [4.69, 9.17) is 13.5 Å². The number of imide groups is 1. The molecule has 10 heteroatoms. The third-order valence-electron chi connectivity index (χ3n) is 11.4. The second kappa shape index (κ2) is 15.2. The Morgan fingerprint density at radius 3 is 2.11 bits per heavy atom. The predicted octanol–water partition coefficient (Wildman–Crippen LogP) is 6.10. The summed E-state index contributed by atoms with van der Waals surface area (Å²) in [7, 11) is -2.46. The monoisotopic (exact) mass is 729 g/mol. The van der Waals surface area contributed by atoms with Crippen LogP contribution in [0.15, 0.2) is 119 Å². The molecule has 0 unspecified atom stereocenters. The van der Waals surface area contributed by atoms with Gasteiger partial charge in [0.1, 0.15) is 18.1 Å². The Morgan fingerprint density at radius 1 is 0.906 bits per heavy atom. The van der Waals surface area contributed by atoms with Crippen LogP contribution in [0.3, 0.4) is 0 Å². The molecule has 4 aromatic rings. The van der Waals surface area contributed by atoms with Gasteiger partial charge in [0.2, 0.25) is 11.8 Å². The zero-order valence-corrected chi connectivity index (χ0v) is 31.9. The summed E-state index contributed by atoms with van der Waals surface area (Å²) >= 11 is 0. The summed E-state index contributed by atoms with van der Waals surface area (Å²) in [6, 6.07) is 34.6. The molecule has 4 atom stereocenters. The van der Waals surface area contributed by atoms with Crippen molar-refractivity contribution in [2.45, 2.75) is 64.1 Å². The van der Waals surface area contributed by atoms with Gasteiger partial charge in [0.15, 0.2) is 0 Å². The Morgan fingerprint density at radius 2 is 1.53 bits per heavy atom. The van der Waals surface area contributed by atoms with E-state index in [1.165, 1.54) is 4.90 Å². The van der Waals surface area contributed by atoms with Crippen molar-refractivity contribution >= 4 is 49.3 Å². The van der Waals surface area contributed by atoms with Crippen LogP contribution in [-0.4, -0.2) is 62.0 Å². The molecule has 2 saturated heterocycles. The number of rotatable bonds is 11. The molecule has 2 N–H and O–H groups in total. The van der Waals surface area contributed by atoms with Gasteiger partial charge in [-0.3, -0.25) is 14.5 Å². The summed E-state index contributed by atoms with van der Waals surface area (Å²) in [6.45, 7) is 6.82. The van der Waals surface area contributed by atoms with Crippen LogP contribution in [0.4, 0.5) is 0 Å². The number of carbonyl (C=O) groups is 2. The molecule has 1 aromatic heterocycles. The minimum absolute atomic E-state index is 0.172. The first-order chi connectivity index (χ1) is 25.5. The Bertz CT molecular complexity index is 1950. The predicted molar refractivity (Wildman–Crippen MR) is 209 cm³/mol. The van der Waals surface area contributed by atoms with Crippen molar-refractivity contribution < 1.29 is 33.2 Å². The second-order valence-corrected chi connectivity index (χ2v) is 19.8. The molecule has 1 aliphatic carbocycles. The molecule has 0 spiro atoms. The number of benzene rings is 3. The van der Waals surface area contributed by atoms with Crippen LogP contribution in [0.5, 0.6) is 0 Å². The fourth-order valence-corrected chi connectivity index (χ4v) is 13.5. The van der Waals surface area contributed by atoms with Crippen LogP contribution in [0, 0.1) is 17.8 Å². The van der Waals surface area contributed by atoms with Crippen LogP contribution in [0.2, 0.25) is 11.4 Å². The molecule has 2 aliphatic heterocycles. The van der Waals surface area contributed by atoms with Gasteiger partial charge in [0.25, 0.3) is 8.32 Å². The third kappa shape index (κ3) is 7.06. The van der Waals surface area contributed by atoms with E-state index in [0.717, 1.165) is 32.7 Å². The van der Waals surface area contributed by atoms with Gasteiger partial charge in [-0.1, -0.05) is 112 Å². The van der Waals surface area contributed by atoms with Gasteiger partial charge < -0.3 is 23.6 Å². The number of carbonyl (C=O) groups excluding carboxylic acids is 2. The van der Waals surface area contributed by atoms with Crippen molar-refractivity contribution in [3.63, 3.8) is 0 Å². The van der Waals surface area contributed by atoms with Gasteiger partial charge in [0.05, 0.1) is 24.5 Å². The topological polar surface area (TPSA) is 109 Å². The molecule has 8 nitrogen and oxygen atoms in total. The van der Waals surface area contributed by atoms with Gasteiger partial charge >= 0.3 is 7.12 Å². The molecule has 3 aliphatic rings. The molecule has 0 radical (unpaired) electrons. The largest absolute Gasteiger partial charge is 0.459 e. The van der Waals surface area contributed by atoms with Gasteiger partial charge in [-0.05, 0) is 87.4 Å². The Hall–Kier alpha value is -4.32. The van der Waals surface area contributed by atoms with Gasteiger partial charge in [-0.2, -0.15) is 0 Å². The Labute approximate surface area is 313 Å². The fraction of sp³-hybridized carbons (Fsp3) is 0.349. The first-order valence-electron chi connectivity index (χ1n) is 18.6.